The van der Waals surface area contributed by atoms with E-state index in [0.29, 0.717) is 22.5 Å². The van der Waals surface area contributed by atoms with Gasteiger partial charge in [0.15, 0.2) is 0 Å². The molecule has 1 aliphatic carbocycles. The zero-order valence-electron chi connectivity index (χ0n) is 12.0. The predicted molar refractivity (Wildman–Crippen MR) is 81.9 cm³/mol. The number of rotatable bonds is 2. The fourth-order valence-electron chi connectivity index (χ4n) is 3.31. The van der Waals surface area contributed by atoms with E-state index in [4.69, 9.17) is 0 Å². The van der Waals surface area contributed by atoms with Gasteiger partial charge in [0.2, 0.25) is 5.88 Å². The van der Waals surface area contributed by atoms with E-state index in [-0.39, 0.29) is 17.4 Å². The van der Waals surface area contributed by atoms with Crippen molar-refractivity contribution >= 4 is 5.65 Å². The monoisotopic (exact) mass is 296 g/mol. The number of aromatic hydroxyl groups is 1. The quantitative estimate of drug-likeness (QED) is 0.761. The molecular weight excluding hydrogens is 280 g/mol. The van der Waals surface area contributed by atoms with Crippen molar-refractivity contribution in [3.8, 4) is 17.1 Å². The normalized spacial score (nSPS) is 15.6. The van der Waals surface area contributed by atoms with Gasteiger partial charge in [0.25, 0.3) is 5.56 Å². The molecule has 0 bridgehead atoms. The lowest BCUT2D eigenvalue weighted by molar-refractivity contribution is 0.419. The van der Waals surface area contributed by atoms with Gasteiger partial charge in [-0.3, -0.25) is 9.78 Å². The van der Waals surface area contributed by atoms with Gasteiger partial charge in [0.1, 0.15) is 5.65 Å². The Morgan fingerprint density at radius 2 is 2.09 bits per heavy atom. The lowest BCUT2D eigenvalue weighted by Gasteiger charge is -2.11. The van der Waals surface area contributed by atoms with Crippen molar-refractivity contribution in [2.45, 2.75) is 31.6 Å². The maximum absolute atomic E-state index is 12.4. The molecule has 3 aromatic rings. The van der Waals surface area contributed by atoms with Crippen molar-refractivity contribution in [1.82, 2.24) is 19.6 Å². The summed E-state index contributed by atoms with van der Waals surface area (Å²) in [5.74, 6) is 0.0727. The molecule has 0 aromatic carbocycles. The Kier molecular flexibility index (Phi) is 2.96. The molecule has 6 nitrogen and oxygen atoms in total. The first-order valence-corrected chi connectivity index (χ1v) is 7.50. The van der Waals surface area contributed by atoms with E-state index >= 15 is 0 Å². The molecule has 1 aliphatic rings. The number of hydrogen-bond acceptors (Lipinski definition) is 4. The minimum atomic E-state index is -0.227. The predicted octanol–water partition coefficient (Wildman–Crippen LogP) is 2.45. The van der Waals surface area contributed by atoms with Crippen LogP contribution in [-0.4, -0.2) is 24.7 Å². The lowest BCUT2D eigenvalue weighted by Crippen LogP contribution is -2.18. The zero-order valence-corrected chi connectivity index (χ0v) is 12.0. The number of aromatic nitrogens is 4. The number of hydrogen-bond donors (Lipinski definition) is 2. The molecule has 4 rings (SSSR count). The summed E-state index contributed by atoms with van der Waals surface area (Å²) in [4.78, 5) is 19.6. The molecule has 2 N–H and O–H groups in total. The molecule has 1 saturated carbocycles. The molecule has 6 heteroatoms. The molecule has 0 radical (unpaired) electrons. The van der Waals surface area contributed by atoms with Crippen molar-refractivity contribution in [2.75, 3.05) is 0 Å². The smallest absolute Gasteiger partial charge is 0.258 e. The third-order valence-electron chi connectivity index (χ3n) is 4.39. The van der Waals surface area contributed by atoms with E-state index in [2.05, 4.69) is 15.1 Å². The lowest BCUT2D eigenvalue weighted by atomic mass is 10.00. The van der Waals surface area contributed by atoms with Crippen molar-refractivity contribution in [3.05, 3.63) is 46.5 Å². The number of nitrogens with zero attached hydrogens (tertiary/aromatic N) is 3. The van der Waals surface area contributed by atoms with Gasteiger partial charge in [-0.15, -0.1) is 0 Å². The Morgan fingerprint density at radius 1 is 1.27 bits per heavy atom. The largest absolute Gasteiger partial charge is 0.493 e. The standard InChI is InChI=1S/C16H16N4O2/c21-15-13(10-5-1-2-6-10)16(22)20-14(19-15)11(9-18-20)12-7-3-4-8-17-12/h3-4,7-10,22H,1-2,5-6H2,(H,19,21). The minimum absolute atomic E-state index is 0.0483. The van der Waals surface area contributed by atoms with Crippen LogP contribution >= 0.6 is 0 Å². The van der Waals surface area contributed by atoms with Gasteiger partial charge in [-0.1, -0.05) is 18.9 Å². The van der Waals surface area contributed by atoms with Crippen molar-refractivity contribution in [3.63, 3.8) is 0 Å². The molecular formula is C16H16N4O2. The maximum Gasteiger partial charge on any atom is 0.258 e. The summed E-state index contributed by atoms with van der Waals surface area (Å²) < 4.78 is 1.40. The fraction of sp³-hybridized carbons (Fsp3) is 0.312. The topological polar surface area (TPSA) is 83.3 Å². The number of H-pyrrole nitrogens is 1. The number of nitrogens with one attached hydrogen (secondary N) is 1. The van der Waals surface area contributed by atoms with Gasteiger partial charge >= 0.3 is 0 Å². The van der Waals surface area contributed by atoms with Crippen LogP contribution in [0.1, 0.15) is 37.2 Å². The Labute approximate surface area is 126 Å². The van der Waals surface area contributed by atoms with Crippen LogP contribution < -0.4 is 5.56 Å². The molecule has 3 heterocycles. The maximum atomic E-state index is 12.4. The first kappa shape index (κ1) is 13.1. The molecule has 0 unspecified atom stereocenters. The van der Waals surface area contributed by atoms with Crippen LogP contribution in [0.3, 0.4) is 0 Å². The van der Waals surface area contributed by atoms with Gasteiger partial charge in [0.05, 0.1) is 23.0 Å². The van der Waals surface area contributed by atoms with Crippen molar-refractivity contribution in [1.29, 1.82) is 0 Å². The SMILES string of the molecule is O=c1[nH]c2c(-c3ccccn3)cnn2c(O)c1C1CCCC1. The first-order valence-electron chi connectivity index (χ1n) is 7.50. The molecule has 0 atom stereocenters. The van der Waals surface area contributed by atoms with Crippen LogP contribution in [0, 0.1) is 0 Å². The highest BCUT2D eigenvalue weighted by atomic mass is 16.3. The fourth-order valence-corrected chi connectivity index (χ4v) is 3.31. The highest BCUT2D eigenvalue weighted by Gasteiger charge is 2.26. The number of aromatic amines is 1. The zero-order chi connectivity index (χ0) is 15.1. The van der Waals surface area contributed by atoms with Crippen LogP contribution in [0.5, 0.6) is 5.88 Å². The Morgan fingerprint density at radius 3 is 2.82 bits per heavy atom. The highest BCUT2D eigenvalue weighted by molar-refractivity contribution is 5.74. The summed E-state index contributed by atoms with van der Waals surface area (Å²) in [6, 6.07) is 5.54. The van der Waals surface area contributed by atoms with Gasteiger partial charge in [0, 0.05) is 6.20 Å². The van der Waals surface area contributed by atoms with Crippen LogP contribution in [0.15, 0.2) is 35.4 Å². The van der Waals surface area contributed by atoms with E-state index < -0.39 is 0 Å². The molecule has 0 amide bonds. The Bertz CT molecular complexity index is 876. The van der Waals surface area contributed by atoms with E-state index in [1.807, 2.05) is 18.2 Å². The summed E-state index contributed by atoms with van der Waals surface area (Å²) in [5.41, 5.74) is 2.12. The Hall–Kier alpha value is -2.63. The summed E-state index contributed by atoms with van der Waals surface area (Å²) >= 11 is 0. The molecule has 22 heavy (non-hydrogen) atoms. The summed E-state index contributed by atoms with van der Waals surface area (Å²) in [6.07, 6.45) is 7.38. The average Bonchev–Trinajstić information content (AvgIpc) is 3.18. The average molecular weight is 296 g/mol. The van der Waals surface area contributed by atoms with Gasteiger partial charge in [-0.05, 0) is 30.9 Å². The summed E-state index contributed by atoms with van der Waals surface area (Å²) in [7, 11) is 0. The minimum Gasteiger partial charge on any atom is -0.493 e. The van der Waals surface area contributed by atoms with Crippen LogP contribution in [0.25, 0.3) is 16.9 Å². The molecule has 3 aromatic heterocycles. The number of pyridine rings is 1. The van der Waals surface area contributed by atoms with E-state index in [9.17, 15) is 9.90 Å². The van der Waals surface area contributed by atoms with Crippen molar-refractivity contribution in [2.24, 2.45) is 0 Å². The highest BCUT2D eigenvalue weighted by Crippen LogP contribution is 2.36. The Balaban J connectivity index is 1.93. The van der Waals surface area contributed by atoms with Crippen molar-refractivity contribution < 1.29 is 5.11 Å². The third-order valence-corrected chi connectivity index (χ3v) is 4.39. The molecule has 1 fully saturated rings. The van der Waals surface area contributed by atoms with Gasteiger partial charge in [-0.2, -0.15) is 9.61 Å². The summed E-state index contributed by atoms with van der Waals surface area (Å²) in [5, 5.41) is 14.7. The van der Waals surface area contributed by atoms with Crippen LogP contribution in [0.2, 0.25) is 0 Å². The van der Waals surface area contributed by atoms with E-state index in [1.165, 1.54) is 4.52 Å². The van der Waals surface area contributed by atoms with Gasteiger partial charge < -0.3 is 10.1 Å². The van der Waals surface area contributed by atoms with E-state index in [1.54, 1.807) is 12.4 Å². The second-order valence-electron chi connectivity index (χ2n) is 5.71. The molecule has 0 saturated heterocycles. The molecule has 0 spiro atoms. The second-order valence-corrected chi connectivity index (χ2v) is 5.71. The van der Waals surface area contributed by atoms with Crippen LogP contribution in [-0.2, 0) is 0 Å². The molecule has 112 valence electrons. The first-order chi connectivity index (χ1) is 10.8. The second kappa shape index (κ2) is 4.98. The number of fused-ring (bicyclic) bond motifs is 1. The van der Waals surface area contributed by atoms with Crippen LogP contribution in [0.4, 0.5) is 0 Å². The van der Waals surface area contributed by atoms with Gasteiger partial charge in [-0.25, -0.2) is 0 Å². The summed E-state index contributed by atoms with van der Waals surface area (Å²) in [6.45, 7) is 0. The van der Waals surface area contributed by atoms with E-state index in [0.717, 1.165) is 25.7 Å². The molecule has 0 aliphatic heterocycles. The third kappa shape index (κ3) is 1.91.